The Kier molecular flexibility index (Phi) is 3.95. The molecule has 0 bridgehead atoms. The van der Waals surface area contributed by atoms with Gasteiger partial charge in [0.15, 0.2) is 0 Å². The maximum atomic E-state index is 12.3. The highest BCUT2D eigenvalue weighted by atomic mass is 16.1. The first-order valence-electron chi connectivity index (χ1n) is 6.36. The molecule has 1 aromatic heterocycles. The largest absolute Gasteiger partial charge is 0.346 e. The summed E-state index contributed by atoms with van der Waals surface area (Å²) in [4.78, 5) is 16.3. The molecule has 0 fully saturated rings. The van der Waals surface area contributed by atoms with Gasteiger partial charge in [0.2, 0.25) is 0 Å². The third kappa shape index (κ3) is 2.99. The minimum atomic E-state index is -0.0366. The van der Waals surface area contributed by atoms with Gasteiger partial charge in [0.25, 0.3) is 5.91 Å². The molecule has 1 unspecified atom stereocenters. The smallest absolute Gasteiger partial charge is 0.252 e. The van der Waals surface area contributed by atoms with E-state index in [0.29, 0.717) is 0 Å². The number of hydrogen-bond donors (Lipinski definition) is 1. The molecule has 0 aliphatic heterocycles. The Morgan fingerprint density at radius 1 is 1.16 bits per heavy atom. The van der Waals surface area contributed by atoms with Crippen molar-refractivity contribution in [1.82, 2.24) is 10.3 Å². The van der Waals surface area contributed by atoms with E-state index < -0.39 is 0 Å². The highest BCUT2D eigenvalue weighted by molar-refractivity contribution is 5.96. The summed E-state index contributed by atoms with van der Waals surface area (Å²) < 4.78 is 0. The monoisotopic (exact) mass is 254 g/mol. The number of nitrogens with zero attached hydrogens (tertiary/aromatic N) is 1. The van der Waals surface area contributed by atoms with Crippen molar-refractivity contribution >= 4 is 5.91 Å². The van der Waals surface area contributed by atoms with Crippen LogP contribution in [0, 0.1) is 13.8 Å². The van der Waals surface area contributed by atoms with Gasteiger partial charge in [-0.1, -0.05) is 12.1 Å². The van der Waals surface area contributed by atoms with E-state index in [4.69, 9.17) is 0 Å². The van der Waals surface area contributed by atoms with E-state index in [0.717, 1.165) is 22.3 Å². The van der Waals surface area contributed by atoms with Crippen LogP contribution in [0.15, 0.2) is 42.7 Å². The fourth-order valence-corrected chi connectivity index (χ4v) is 2.01. The van der Waals surface area contributed by atoms with Crippen LogP contribution in [0.4, 0.5) is 0 Å². The van der Waals surface area contributed by atoms with Gasteiger partial charge in [-0.15, -0.1) is 0 Å². The molecule has 1 amide bonds. The first-order valence-corrected chi connectivity index (χ1v) is 6.36. The number of benzene rings is 1. The highest BCUT2D eigenvalue weighted by Gasteiger charge is 2.13. The predicted molar refractivity (Wildman–Crippen MR) is 76.0 cm³/mol. The summed E-state index contributed by atoms with van der Waals surface area (Å²) in [7, 11) is 0. The van der Waals surface area contributed by atoms with Gasteiger partial charge in [-0.2, -0.15) is 0 Å². The lowest BCUT2D eigenvalue weighted by atomic mass is 10.0. The van der Waals surface area contributed by atoms with Crippen molar-refractivity contribution in [1.29, 1.82) is 0 Å². The van der Waals surface area contributed by atoms with Crippen molar-refractivity contribution in [2.24, 2.45) is 0 Å². The summed E-state index contributed by atoms with van der Waals surface area (Å²) in [6.07, 6.45) is 3.46. The number of pyridine rings is 1. The Bertz CT molecular complexity index is 579. The van der Waals surface area contributed by atoms with Crippen molar-refractivity contribution in [3.05, 3.63) is 65.0 Å². The van der Waals surface area contributed by atoms with Crippen molar-refractivity contribution in [2.45, 2.75) is 26.8 Å². The second-order valence-electron chi connectivity index (χ2n) is 4.72. The molecule has 0 saturated carbocycles. The summed E-state index contributed by atoms with van der Waals surface area (Å²) in [5.74, 6) is -0.0366. The first kappa shape index (κ1) is 13.3. The van der Waals surface area contributed by atoms with Gasteiger partial charge in [0.05, 0.1) is 6.04 Å². The third-order valence-electron chi connectivity index (χ3n) is 3.40. The summed E-state index contributed by atoms with van der Waals surface area (Å²) in [5, 5.41) is 3.01. The van der Waals surface area contributed by atoms with Crippen LogP contribution in [-0.2, 0) is 0 Å². The third-order valence-corrected chi connectivity index (χ3v) is 3.40. The fraction of sp³-hybridized carbons (Fsp3) is 0.250. The van der Waals surface area contributed by atoms with E-state index in [1.807, 2.05) is 51.1 Å². The lowest BCUT2D eigenvalue weighted by molar-refractivity contribution is 0.0939. The van der Waals surface area contributed by atoms with Gasteiger partial charge in [0.1, 0.15) is 0 Å². The van der Waals surface area contributed by atoms with Crippen LogP contribution < -0.4 is 5.32 Å². The van der Waals surface area contributed by atoms with E-state index in [1.54, 1.807) is 12.4 Å². The summed E-state index contributed by atoms with van der Waals surface area (Å²) in [5.41, 5.74) is 3.95. The van der Waals surface area contributed by atoms with Crippen LogP contribution in [0.3, 0.4) is 0 Å². The quantitative estimate of drug-likeness (QED) is 0.914. The minimum Gasteiger partial charge on any atom is -0.346 e. The van der Waals surface area contributed by atoms with Crippen LogP contribution in [0.2, 0.25) is 0 Å². The lowest BCUT2D eigenvalue weighted by Crippen LogP contribution is -2.27. The van der Waals surface area contributed by atoms with Gasteiger partial charge in [0, 0.05) is 18.0 Å². The number of aromatic nitrogens is 1. The molecule has 0 saturated heterocycles. The molecule has 1 N–H and O–H groups in total. The van der Waals surface area contributed by atoms with Crippen molar-refractivity contribution in [3.63, 3.8) is 0 Å². The molecule has 1 heterocycles. The number of carbonyl (C=O) groups is 1. The molecular weight excluding hydrogens is 236 g/mol. The molecule has 0 aliphatic carbocycles. The minimum absolute atomic E-state index is 0.0320. The molecule has 0 spiro atoms. The highest BCUT2D eigenvalue weighted by Crippen LogP contribution is 2.15. The Hall–Kier alpha value is -2.16. The SMILES string of the molecule is Cc1cccc(C(=O)NC(C)c2ccncc2)c1C. The van der Waals surface area contributed by atoms with E-state index in [9.17, 15) is 4.79 Å². The molecule has 1 aromatic carbocycles. The number of carbonyl (C=O) groups excluding carboxylic acids is 1. The average molecular weight is 254 g/mol. The van der Waals surface area contributed by atoms with E-state index in [1.165, 1.54) is 0 Å². The van der Waals surface area contributed by atoms with Gasteiger partial charge in [-0.25, -0.2) is 0 Å². The number of rotatable bonds is 3. The maximum absolute atomic E-state index is 12.3. The number of aryl methyl sites for hydroxylation is 1. The molecule has 1 atom stereocenters. The zero-order chi connectivity index (χ0) is 13.8. The van der Waals surface area contributed by atoms with Crippen molar-refractivity contribution < 1.29 is 4.79 Å². The van der Waals surface area contributed by atoms with Gasteiger partial charge >= 0.3 is 0 Å². The van der Waals surface area contributed by atoms with Crippen molar-refractivity contribution in [2.75, 3.05) is 0 Å². The van der Waals surface area contributed by atoms with Crippen LogP contribution in [0.25, 0.3) is 0 Å². The predicted octanol–water partition coefficient (Wildman–Crippen LogP) is 3.19. The molecule has 3 nitrogen and oxygen atoms in total. The Morgan fingerprint density at radius 3 is 2.53 bits per heavy atom. The van der Waals surface area contributed by atoms with E-state index >= 15 is 0 Å². The average Bonchev–Trinajstić information content (AvgIpc) is 2.42. The molecule has 2 aromatic rings. The van der Waals surface area contributed by atoms with Gasteiger partial charge in [-0.3, -0.25) is 9.78 Å². The molecule has 0 radical (unpaired) electrons. The van der Waals surface area contributed by atoms with Crippen LogP contribution in [-0.4, -0.2) is 10.9 Å². The fourth-order valence-electron chi connectivity index (χ4n) is 2.01. The molecule has 98 valence electrons. The molecular formula is C16H18N2O. The second-order valence-corrected chi connectivity index (χ2v) is 4.72. The van der Waals surface area contributed by atoms with Crippen LogP contribution >= 0.6 is 0 Å². The van der Waals surface area contributed by atoms with E-state index in [2.05, 4.69) is 10.3 Å². The molecule has 2 rings (SSSR count). The molecule has 0 aliphatic rings. The summed E-state index contributed by atoms with van der Waals surface area (Å²) >= 11 is 0. The summed E-state index contributed by atoms with van der Waals surface area (Å²) in [6, 6.07) is 9.57. The zero-order valence-electron chi connectivity index (χ0n) is 11.5. The second kappa shape index (κ2) is 5.65. The Labute approximate surface area is 113 Å². The maximum Gasteiger partial charge on any atom is 0.252 e. The molecule has 19 heavy (non-hydrogen) atoms. The van der Waals surface area contributed by atoms with Crippen molar-refractivity contribution in [3.8, 4) is 0 Å². The van der Waals surface area contributed by atoms with Crippen LogP contribution in [0.1, 0.15) is 40.0 Å². The van der Waals surface area contributed by atoms with E-state index in [-0.39, 0.29) is 11.9 Å². The zero-order valence-corrected chi connectivity index (χ0v) is 11.5. The summed E-state index contributed by atoms with van der Waals surface area (Å²) in [6.45, 7) is 5.96. The standard InChI is InChI=1S/C16H18N2O/c1-11-5-4-6-15(12(11)2)16(19)18-13(3)14-7-9-17-10-8-14/h4-10,13H,1-3H3,(H,18,19). The normalized spacial score (nSPS) is 11.9. The Morgan fingerprint density at radius 2 is 1.84 bits per heavy atom. The molecule has 3 heteroatoms. The first-order chi connectivity index (χ1) is 9.09. The van der Waals surface area contributed by atoms with Crippen LogP contribution in [0.5, 0.6) is 0 Å². The number of amides is 1. The lowest BCUT2D eigenvalue weighted by Gasteiger charge is -2.15. The topological polar surface area (TPSA) is 42.0 Å². The number of nitrogens with one attached hydrogen (secondary N) is 1. The Balaban J connectivity index is 2.16. The van der Waals surface area contributed by atoms with Gasteiger partial charge < -0.3 is 5.32 Å². The number of hydrogen-bond acceptors (Lipinski definition) is 2. The van der Waals surface area contributed by atoms with Gasteiger partial charge in [-0.05, 0) is 55.7 Å².